The second-order valence-electron chi connectivity index (χ2n) is 18.8. The van der Waals surface area contributed by atoms with Gasteiger partial charge in [0, 0.05) is 49.0 Å². The Labute approximate surface area is 390 Å². The lowest BCUT2D eigenvalue weighted by Gasteiger charge is -2.30. The topological polar surface area (TPSA) is 175 Å². The van der Waals surface area contributed by atoms with Crippen LogP contribution in [0.4, 0.5) is 4.79 Å². The summed E-state index contributed by atoms with van der Waals surface area (Å²) in [5, 5.41) is 8.08. The first-order valence-corrected chi connectivity index (χ1v) is 23.8. The second kappa shape index (κ2) is 18.8. The van der Waals surface area contributed by atoms with Crippen LogP contribution in [0.25, 0.3) is 44.4 Å². The number of amides is 4. The molecule has 1 unspecified atom stereocenters. The number of aromatic nitrogens is 4. The van der Waals surface area contributed by atoms with Crippen LogP contribution >= 0.6 is 0 Å². The number of benzene rings is 4. The molecule has 0 saturated carbocycles. The number of H-pyrrole nitrogens is 2. The van der Waals surface area contributed by atoms with Gasteiger partial charge in [0.15, 0.2) is 0 Å². The van der Waals surface area contributed by atoms with Gasteiger partial charge in [0.1, 0.15) is 23.7 Å². The van der Waals surface area contributed by atoms with Crippen molar-refractivity contribution in [2.75, 3.05) is 33.4 Å². The number of alkyl carbamates (subject to hydrolysis) is 1. The number of hydrogen-bond donors (Lipinski definition) is 4. The zero-order valence-electron chi connectivity index (χ0n) is 38.3. The van der Waals surface area contributed by atoms with Crippen molar-refractivity contribution in [3.05, 3.63) is 120 Å². The molecule has 0 radical (unpaired) electrons. The number of carbonyl (C=O) groups excluding carboxylic acids is 4. The Morgan fingerprint density at radius 3 is 2.15 bits per heavy atom. The Morgan fingerprint density at radius 1 is 0.746 bits per heavy atom. The standard InChI is InChI=1S/C53H58N8O6/c1-31(2)45(59-53(65)66-3)51(63)61-24-8-12-44(61)49-55-41-20-18-38-28-37(17-19-40(38)47(41)57-49)34-13-14-36-29-39(16-15-35(36)27-34)42-30-54-48(56-42)43-11-7-23-60(43)52(64)46(32-9-5-4-6-10-32)58-50(62)33-21-25-67-26-22-33/h4-6,9-10,13-17,19,27-31,33,43-46H,7-8,11-12,18,20-26H2,1-3H3,(H,54,56)(H,55,57)(H,58,62)(H,59,65)/t43-,44?,45-,46+/m0/s1. The van der Waals surface area contributed by atoms with E-state index in [0.717, 1.165) is 106 Å². The molecule has 14 heteroatoms. The van der Waals surface area contributed by atoms with E-state index in [1.54, 1.807) is 0 Å². The molecule has 3 fully saturated rings. The van der Waals surface area contributed by atoms with E-state index >= 15 is 0 Å². The number of fused-ring (bicyclic) bond motifs is 4. The third kappa shape index (κ3) is 8.82. The van der Waals surface area contributed by atoms with Crippen LogP contribution in [0.3, 0.4) is 0 Å². The Kier molecular flexibility index (Phi) is 12.4. The normalized spacial score (nSPS) is 19.2. The fraction of sp³-hybridized carbons (Fsp3) is 0.396. The molecule has 10 rings (SSSR count). The Morgan fingerprint density at radius 2 is 1.42 bits per heavy atom. The molecule has 5 heterocycles. The summed E-state index contributed by atoms with van der Waals surface area (Å²) in [6, 6.07) is 27.3. The van der Waals surface area contributed by atoms with E-state index in [2.05, 4.69) is 75.2 Å². The number of rotatable bonds is 11. The van der Waals surface area contributed by atoms with Gasteiger partial charge in [0.25, 0.3) is 0 Å². The third-order valence-corrected chi connectivity index (χ3v) is 14.2. The predicted molar refractivity (Wildman–Crippen MR) is 254 cm³/mol. The molecule has 4 atom stereocenters. The van der Waals surface area contributed by atoms with Gasteiger partial charge in [0.2, 0.25) is 17.7 Å². The highest BCUT2D eigenvalue weighted by molar-refractivity contribution is 5.92. The molecule has 0 bridgehead atoms. The van der Waals surface area contributed by atoms with Crippen LogP contribution in [0.5, 0.6) is 0 Å². The van der Waals surface area contributed by atoms with E-state index in [9.17, 15) is 19.2 Å². The van der Waals surface area contributed by atoms with E-state index in [-0.39, 0.29) is 41.6 Å². The zero-order chi connectivity index (χ0) is 46.2. The maximum absolute atomic E-state index is 14.4. The van der Waals surface area contributed by atoms with Crippen LogP contribution < -0.4 is 10.6 Å². The molecule has 1 aliphatic carbocycles. The Bertz CT molecular complexity index is 2810. The number of methoxy groups -OCH3 is 1. The van der Waals surface area contributed by atoms with Gasteiger partial charge in [-0.2, -0.15) is 0 Å². The van der Waals surface area contributed by atoms with Crippen molar-refractivity contribution in [3.8, 4) is 33.6 Å². The van der Waals surface area contributed by atoms with E-state index in [0.29, 0.717) is 39.1 Å². The number of ether oxygens (including phenoxy) is 2. The quantitative estimate of drug-likeness (QED) is 0.100. The van der Waals surface area contributed by atoms with Crippen LogP contribution in [0.15, 0.2) is 91.1 Å². The van der Waals surface area contributed by atoms with Crippen LogP contribution in [0, 0.1) is 11.8 Å². The molecule has 4 amide bonds. The molecule has 346 valence electrons. The van der Waals surface area contributed by atoms with Crippen molar-refractivity contribution in [2.24, 2.45) is 11.8 Å². The Balaban J connectivity index is 0.836. The molecule has 6 aromatic rings. The van der Waals surface area contributed by atoms with Gasteiger partial charge >= 0.3 is 6.09 Å². The lowest BCUT2D eigenvalue weighted by molar-refractivity contribution is -0.139. The van der Waals surface area contributed by atoms with Crippen molar-refractivity contribution < 1.29 is 28.7 Å². The summed E-state index contributed by atoms with van der Waals surface area (Å²) < 4.78 is 10.3. The molecular weight excluding hydrogens is 845 g/mol. The van der Waals surface area contributed by atoms with E-state index in [4.69, 9.17) is 19.4 Å². The fourth-order valence-electron chi connectivity index (χ4n) is 10.5. The summed E-state index contributed by atoms with van der Waals surface area (Å²) in [5.74, 6) is 0.919. The molecule has 4 N–H and O–H groups in total. The number of imidazole rings is 2. The molecular formula is C53H58N8O6. The molecule has 2 aromatic heterocycles. The van der Waals surface area contributed by atoms with Gasteiger partial charge in [-0.15, -0.1) is 0 Å². The maximum atomic E-state index is 14.4. The number of hydrogen-bond acceptors (Lipinski definition) is 8. The lowest BCUT2D eigenvalue weighted by atomic mass is 9.89. The first kappa shape index (κ1) is 44.1. The average molecular weight is 903 g/mol. The maximum Gasteiger partial charge on any atom is 0.407 e. The highest BCUT2D eigenvalue weighted by Crippen LogP contribution is 2.40. The van der Waals surface area contributed by atoms with Gasteiger partial charge in [-0.1, -0.05) is 86.6 Å². The lowest BCUT2D eigenvalue weighted by Crippen LogP contribution is -2.51. The summed E-state index contributed by atoms with van der Waals surface area (Å²) >= 11 is 0. The van der Waals surface area contributed by atoms with Gasteiger partial charge in [-0.05, 0) is 102 Å². The largest absolute Gasteiger partial charge is 0.453 e. The minimum Gasteiger partial charge on any atom is -0.453 e. The molecule has 0 spiro atoms. The summed E-state index contributed by atoms with van der Waals surface area (Å²) in [5.41, 5.74) is 9.31. The fourth-order valence-corrected chi connectivity index (χ4v) is 10.5. The second-order valence-corrected chi connectivity index (χ2v) is 18.8. The van der Waals surface area contributed by atoms with E-state index in [1.165, 1.54) is 12.7 Å². The molecule has 3 aliphatic heterocycles. The summed E-state index contributed by atoms with van der Waals surface area (Å²) in [6.45, 7) is 6.14. The molecule has 67 heavy (non-hydrogen) atoms. The Hall–Kier alpha value is -6.80. The molecule has 4 aromatic carbocycles. The predicted octanol–water partition coefficient (Wildman–Crippen LogP) is 8.38. The van der Waals surface area contributed by atoms with E-state index < -0.39 is 18.2 Å². The van der Waals surface area contributed by atoms with Crippen LogP contribution in [-0.4, -0.2) is 93.0 Å². The number of nitrogens with zero attached hydrogens (tertiary/aromatic N) is 4. The average Bonchev–Trinajstić information content (AvgIpc) is 4.21. The van der Waals surface area contributed by atoms with Gasteiger partial charge < -0.3 is 39.9 Å². The SMILES string of the molecule is COC(=O)N[C@H](C(=O)N1CCCC1c1nc2c([nH]1)CCc1cc(-c3ccc4cc(-c5cnc([C@@H]6CCCN6C(=O)[C@H](NC(=O)C6CCOCC6)c6ccccc6)[nH]5)ccc4c3)ccc1-2)C(C)C. The highest BCUT2D eigenvalue weighted by atomic mass is 16.5. The van der Waals surface area contributed by atoms with Crippen molar-refractivity contribution in [2.45, 2.75) is 89.4 Å². The van der Waals surface area contributed by atoms with Crippen LogP contribution in [-0.2, 0) is 36.7 Å². The van der Waals surface area contributed by atoms with Gasteiger partial charge in [0.05, 0.1) is 36.8 Å². The smallest absolute Gasteiger partial charge is 0.407 e. The number of likely N-dealkylation sites (tertiary alicyclic amines) is 2. The van der Waals surface area contributed by atoms with Crippen molar-refractivity contribution in [1.82, 2.24) is 40.4 Å². The number of carbonyl (C=O) groups is 4. The number of nitrogens with one attached hydrogen (secondary N) is 4. The summed E-state index contributed by atoms with van der Waals surface area (Å²) in [7, 11) is 1.31. The van der Waals surface area contributed by atoms with Gasteiger partial charge in [-0.25, -0.2) is 14.8 Å². The minimum atomic E-state index is -0.785. The van der Waals surface area contributed by atoms with Crippen LogP contribution in [0.2, 0.25) is 0 Å². The van der Waals surface area contributed by atoms with E-state index in [1.807, 2.05) is 60.2 Å². The number of aryl methyl sites for hydroxylation is 2. The van der Waals surface area contributed by atoms with Crippen molar-refractivity contribution >= 4 is 34.6 Å². The molecule has 4 aliphatic rings. The summed E-state index contributed by atoms with van der Waals surface area (Å²) in [4.78, 5) is 74.5. The van der Waals surface area contributed by atoms with Crippen molar-refractivity contribution in [1.29, 1.82) is 0 Å². The monoisotopic (exact) mass is 902 g/mol. The minimum absolute atomic E-state index is 0.102. The van der Waals surface area contributed by atoms with Gasteiger partial charge in [-0.3, -0.25) is 14.4 Å². The number of aromatic amines is 2. The first-order valence-electron chi connectivity index (χ1n) is 23.8. The third-order valence-electron chi connectivity index (χ3n) is 14.2. The van der Waals surface area contributed by atoms with Crippen molar-refractivity contribution in [3.63, 3.8) is 0 Å². The zero-order valence-corrected chi connectivity index (χ0v) is 38.3. The first-order chi connectivity index (χ1) is 32.6. The highest BCUT2D eigenvalue weighted by Gasteiger charge is 2.40. The summed E-state index contributed by atoms with van der Waals surface area (Å²) in [6.07, 6.45) is 7.53. The van der Waals surface area contributed by atoms with Crippen LogP contribution in [0.1, 0.15) is 99.0 Å². The molecule has 3 saturated heterocycles. The molecule has 14 nitrogen and oxygen atoms in total.